The number of rotatable bonds is 6. The smallest absolute Gasteiger partial charge is 0.241 e. The molecule has 6 heteroatoms. The van der Waals surface area contributed by atoms with Gasteiger partial charge in [-0.3, -0.25) is 14.6 Å². The number of piperazine rings is 1. The van der Waals surface area contributed by atoms with Gasteiger partial charge in [-0.05, 0) is 30.7 Å². The predicted octanol–water partition coefficient (Wildman–Crippen LogP) is 4.65. The van der Waals surface area contributed by atoms with Crippen LogP contribution in [-0.4, -0.2) is 54.5 Å². The van der Waals surface area contributed by atoms with E-state index < -0.39 is 0 Å². The topological polar surface area (TPSA) is 35.6 Å². The monoisotopic (exact) mass is 417 g/mol. The van der Waals surface area contributed by atoms with Gasteiger partial charge in [-0.25, -0.2) is 0 Å². The highest BCUT2D eigenvalue weighted by Crippen LogP contribution is 2.23. The minimum Gasteiger partial charge on any atom is -0.325 e. The van der Waals surface area contributed by atoms with E-state index in [1.165, 1.54) is 5.56 Å². The summed E-state index contributed by atoms with van der Waals surface area (Å²) in [6.07, 6.45) is 4.35. The Balaban J connectivity index is 1.45. The molecule has 28 heavy (non-hydrogen) atoms. The Morgan fingerprint density at radius 1 is 1.07 bits per heavy atom. The molecule has 1 amide bonds. The van der Waals surface area contributed by atoms with Crippen LogP contribution in [0.25, 0.3) is 6.08 Å². The Labute approximate surface area is 176 Å². The first-order valence-electron chi connectivity index (χ1n) is 9.46. The van der Waals surface area contributed by atoms with Crippen LogP contribution in [-0.2, 0) is 4.79 Å². The molecule has 0 aliphatic carbocycles. The molecule has 148 valence electrons. The summed E-state index contributed by atoms with van der Waals surface area (Å²) in [5.41, 5.74) is 1.84. The minimum atomic E-state index is -0.209. The summed E-state index contributed by atoms with van der Waals surface area (Å²) in [4.78, 5) is 17.2. The molecule has 1 unspecified atom stereocenters. The van der Waals surface area contributed by atoms with Gasteiger partial charge in [0, 0.05) is 48.5 Å². The highest BCUT2D eigenvalue weighted by atomic mass is 35.5. The summed E-state index contributed by atoms with van der Waals surface area (Å²) in [5.74, 6) is -0.0456. The van der Waals surface area contributed by atoms with Gasteiger partial charge in [-0.15, -0.1) is 0 Å². The second-order valence-electron chi connectivity index (χ2n) is 6.97. The van der Waals surface area contributed by atoms with Crippen molar-refractivity contribution in [2.24, 2.45) is 0 Å². The summed E-state index contributed by atoms with van der Waals surface area (Å²) in [5, 5.41) is 3.92. The van der Waals surface area contributed by atoms with Crippen molar-refractivity contribution in [3.05, 3.63) is 70.2 Å². The fraction of sp³-hybridized carbons (Fsp3) is 0.318. The lowest BCUT2D eigenvalue weighted by Gasteiger charge is -2.37. The average Bonchev–Trinajstić information content (AvgIpc) is 2.68. The Kier molecular flexibility index (Phi) is 7.51. The van der Waals surface area contributed by atoms with Crippen LogP contribution in [0, 0.1) is 0 Å². The summed E-state index contributed by atoms with van der Waals surface area (Å²) >= 11 is 12.0. The second-order valence-corrected chi connectivity index (χ2v) is 7.85. The number of nitrogens with zero attached hydrogens (tertiary/aromatic N) is 2. The molecule has 1 heterocycles. The number of carbonyl (C=O) groups excluding carboxylic acids is 1. The van der Waals surface area contributed by atoms with Crippen molar-refractivity contribution < 1.29 is 4.79 Å². The number of halogens is 2. The van der Waals surface area contributed by atoms with E-state index in [1.807, 2.05) is 25.1 Å². The Morgan fingerprint density at radius 2 is 1.71 bits per heavy atom. The van der Waals surface area contributed by atoms with E-state index in [1.54, 1.807) is 18.2 Å². The molecule has 0 spiro atoms. The van der Waals surface area contributed by atoms with Crippen molar-refractivity contribution >= 4 is 40.9 Å². The van der Waals surface area contributed by atoms with Crippen molar-refractivity contribution in [3.63, 3.8) is 0 Å². The van der Waals surface area contributed by atoms with Crippen LogP contribution in [0.3, 0.4) is 0 Å². The summed E-state index contributed by atoms with van der Waals surface area (Å²) in [6, 6.07) is 15.2. The van der Waals surface area contributed by atoms with Crippen molar-refractivity contribution in [2.45, 2.75) is 13.0 Å². The minimum absolute atomic E-state index is 0.0456. The standard InChI is InChI=1S/C22H25Cl2N3O/c1-17(22(28)25-21-15-19(23)14-20(24)16-21)27-12-10-26(11-13-27)9-5-8-18-6-3-2-4-7-18/h2-8,14-17H,9-13H2,1H3,(H,25,28)/b8-5+. The molecule has 0 bridgehead atoms. The van der Waals surface area contributed by atoms with Gasteiger partial charge in [-0.2, -0.15) is 0 Å². The molecular formula is C22H25Cl2N3O. The first-order valence-corrected chi connectivity index (χ1v) is 10.2. The van der Waals surface area contributed by atoms with Gasteiger partial charge < -0.3 is 5.32 Å². The first-order chi connectivity index (χ1) is 13.5. The third-order valence-electron chi connectivity index (χ3n) is 4.94. The van der Waals surface area contributed by atoms with Crippen LogP contribution in [0.2, 0.25) is 10.0 Å². The molecule has 2 aromatic carbocycles. The Bertz CT molecular complexity index is 798. The molecule has 1 aliphatic heterocycles. The number of hydrogen-bond donors (Lipinski definition) is 1. The Hall–Kier alpha value is -1.85. The van der Waals surface area contributed by atoms with Gasteiger partial charge in [0.15, 0.2) is 0 Å². The van der Waals surface area contributed by atoms with Gasteiger partial charge >= 0.3 is 0 Å². The van der Waals surface area contributed by atoms with Crippen LogP contribution in [0.5, 0.6) is 0 Å². The third-order valence-corrected chi connectivity index (χ3v) is 5.37. The number of carbonyl (C=O) groups is 1. The van der Waals surface area contributed by atoms with Crippen LogP contribution in [0.4, 0.5) is 5.69 Å². The van der Waals surface area contributed by atoms with Crippen LogP contribution in [0.15, 0.2) is 54.6 Å². The zero-order chi connectivity index (χ0) is 19.9. The lowest BCUT2D eigenvalue weighted by molar-refractivity contribution is -0.121. The lowest BCUT2D eigenvalue weighted by atomic mass is 10.2. The summed E-state index contributed by atoms with van der Waals surface area (Å²) in [7, 11) is 0. The molecule has 1 aliphatic rings. The molecular weight excluding hydrogens is 393 g/mol. The van der Waals surface area contributed by atoms with Crippen molar-refractivity contribution in [2.75, 3.05) is 38.0 Å². The molecule has 4 nitrogen and oxygen atoms in total. The predicted molar refractivity (Wildman–Crippen MR) is 118 cm³/mol. The fourth-order valence-electron chi connectivity index (χ4n) is 3.27. The summed E-state index contributed by atoms with van der Waals surface area (Å²) in [6.45, 7) is 6.48. The van der Waals surface area contributed by atoms with Crippen LogP contribution < -0.4 is 5.32 Å². The lowest BCUT2D eigenvalue weighted by Crippen LogP contribution is -2.52. The number of amides is 1. The molecule has 0 radical (unpaired) electrons. The molecule has 0 saturated carbocycles. The zero-order valence-corrected chi connectivity index (χ0v) is 17.5. The van der Waals surface area contributed by atoms with Crippen LogP contribution in [0.1, 0.15) is 12.5 Å². The van der Waals surface area contributed by atoms with Crippen LogP contribution >= 0.6 is 23.2 Å². The van der Waals surface area contributed by atoms with E-state index in [9.17, 15) is 4.79 Å². The maximum atomic E-state index is 12.6. The van der Waals surface area contributed by atoms with E-state index in [4.69, 9.17) is 23.2 Å². The molecule has 3 rings (SSSR count). The number of nitrogens with one attached hydrogen (secondary N) is 1. The van der Waals surface area contributed by atoms with E-state index in [-0.39, 0.29) is 11.9 Å². The van der Waals surface area contributed by atoms with Gasteiger partial charge in [0.2, 0.25) is 5.91 Å². The second kappa shape index (κ2) is 10.1. The van der Waals surface area contributed by atoms with E-state index in [0.717, 1.165) is 32.7 Å². The molecule has 2 aromatic rings. The van der Waals surface area contributed by atoms with Gasteiger partial charge in [0.25, 0.3) is 0 Å². The van der Waals surface area contributed by atoms with Gasteiger partial charge in [0.05, 0.1) is 6.04 Å². The first kappa shape index (κ1) is 20.9. The number of hydrogen-bond acceptors (Lipinski definition) is 3. The highest BCUT2D eigenvalue weighted by Gasteiger charge is 2.25. The van der Waals surface area contributed by atoms with Crippen molar-refractivity contribution in [3.8, 4) is 0 Å². The van der Waals surface area contributed by atoms with Gasteiger partial charge in [0.1, 0.15) is 0 Å². The highest BCUT2D eigenvalue weighted by molar-refractivity contribution is 6.35. The maximum absolute atomic E-state index is 12.6. The van der Waals surface area contributed by atoms with Crippen molar-refractivity contribution in [1.82, 2.24) is 9.80 Å². The Morgan fingerprint density at radius 3 is 2.36 bits per heavy atom. The van der Waals surface area contributed by atoms with E-state index in [0.29, 0.717) is 15.7 Å². The molecule has 1 fully saturated rings. The molecule has 1 N–H and O–H groups in total. The third kappa shape index (κ3) is 6.08. The quantitative estimate of drug-likeness (QED) is 0.742. The van der Waals surface area contributed by atoms with Gasteiger partial charge in [-0.1, -0.05) is 65.7 Å². The fourth-order valence-corrected chi connectivity index (χ4v) is 3.80. The molecule has 1 atom stereocenters. The molecule has 0 aromatic heterocycles. The SMILES string of the molecule is CC(C(=O)Nc1cc(Cl)cc(Cl)c1)N1CCN(C/C=C/c2ccccc2)CC1. The average molecular weight is 418 g/mol. The zero-order valence-electron chi connectivity index (χ0n) is 15.9. The van der Waals surface area contributed by atoms with E-state index >= 15 is 0 Å². The maximum Gasteiger partial charge on any atom is 0.241 e. The van der Waals surface area contributed by atoms with E-state index in [2.05, 4.69) is 39.4 Å². The number of anilines is 1. The normalized spacial score (nSPS) is 17.0. The largest absolute Gasteiger partial charge is 0.325 e. The summed E-state index contributed by atoms with van der Waals surface area (Å²) < 4.78 is 0. The number of benzene rings is 2. The van der Waals surface area contributed by atoms with Crippen molar-refractivity contribution in [1.29, 1.82) is 0 Å². The molecule has 1 saturated heterocycles.